The first-order chi connectivity index (χ1) is 9.69. The molecule has 20 heavy (non-hydrogen) atoms. The average Bonchev–Trinajstić information content (AvgIpc) is 2.91. The second-order valence-electron chi connectivity index (χ2n) is 6.28. The van der Waals surface area contributed by atoms with Crippen molar-refractivity contribution in [1.29, 1.82) is 0 Å². The first-order valence-electron chi connectivity index (χ1n) is 7.80. The molecule has 2 aliphatic rings. The zero-order chi connectivity index (χ0) is 14.1. The fourth-order valence-corrected chi connectivity index (χ4v) is 3.67. The van der Waals surface area contributed by atoms with E-state index in [1.54, 1.807) is 0 Å². The maximum atomic E-state index is 12.7. The van der Waals surface area contributed by atoms with Crippen LogP contribution in [0.25, 0.3) is 0 Å². The van der Waals surface area contributed by atoms with Crippen LogP contribution in [-0.4, -0.2) is 29.9 Å². The number of likely N-dealkylation sites (tertiary alicyclic amines) is 1. The van der Waals surface area contributed by atoms with Crippen LogP contribution in [0.4, 0.5) is 0 Å². The highest BCUT2D eigenvalue weighted by Crippen LogP contribution is 2.29. The van der Waals surface area contributed by atoms with Crippen molar-refractivity contribution in [2.24, 2.45) is 17.6 Å². The normalized spacial score (nSPS) is 26.6. The third-order valence-corrected chi connectivity index (χ3v) is 5.03. The number of carbonyl (C=O) groups excluding carboxylic acids is 1. The summed E-state index contributed by atoms with van der Waals surface area (Å²) in [6.45, 7) is 3.86. The van der Waals surface area contributed by atoms with Crippen molar-refractivity contribution < 1.29 is 4.79 Å². The molecule has 1 aliphatic heterocycles. The summed E-state index contributed by atoms with van der Waals surface area (Å²) in [6, 6.07) is 8.72. The van der Waals surface area contributed by atoms with Gasteiger partial charge in [0, 0.05) is 25.0 Å². The molecule has 3 rings (SSSR count). The summed E-state index contributed by atoms with van der Waals surface area (Å²) in [5.41, 5.74) is 8.84. The quantitative estimate of drug-likeness (QED) is 0.895. The zero-order valence-corrected chi connectivity index (χ0v) is 12.2. The van der Waals surface area contributed by atoms with Crippen molar-refractivity contribution in [3.05, 3.63) is 35.4 Å². The van der Waals surface area contributed by atoms with Crippen molar-refractivity contribution in [3.63, 3.8) is 0 Å². The van der Waals surface area contributed by atoms with Gasteiger partial charge < -0.3 is 10.6 Å². The summed E-state index contributed by atoms with van der Waals surface area (Å²) in [6.07, 6.45) is 3.84. The molecular weight excluding hydrogens is 248 g/mol. The van der Waals surface area contributed by atoms with Crippen molar-refractivity contribution in [2.75, 3.05) is 13.1 Å². The van der Waals surface area contributed by atoms with Gasteiger partial charge in [-0.1, -0.05) is 37.6 Å². The molecule has 1 saturated heterocycles. The van der Waals surface area contributed by atoms with Gasteiger partial charge in [0.25, 0.3) is 0 Å². The number of piperidine rings is 1. The molecule has 1 amide bonds. The summed E-state index contributed by atoms with van der Waals surface area (Å²) in [4.78, 5) is 14.8. The largest absolute Gasteiger partial charge is 0.342 e. The summed E-state index contributed by atoms with van der Waals surface area (Å²) in [5.74, 6) is 0.960. The first-order valence-corrected chi connectivity index (χ1v) is 7.80. The Labute approximate surface area is 121 Å². The van der Waals surface area contributed by atoms with Crippen LogP contribution in [-0.2, 0) is 17.6 Å². The van der Waals surface area contributed by atoms with E-state index < -0.39 is 0 Å². The van der Waals surface area contributed by atoms with Crippen molar-refractivity contribution in [3.8, 4) is 0 Å². The lowest BCUT2D eigenvalue weighted by Gasteiger charge is -2.37. The maximum Gasteiger partial charge on any atom is 0.226 e. The molecule has 2 N–H and O–H groups in total. The van der Waals surface area contributed by atoms with E-state index in [1.165, 1.54) is 11.1 Å². The van der Waals surface area contributed by atoms with Gasteiger partial charge in [0.2, 0.25) is 5.91 Å². The highest BCUT2D eigenvalue weighted by Gasteiger charge is 2.34. The van der Waals surface area contributed by atoms with Crippen LogP contribution in [0.3, 0.4) is 0 Å². The van der Waals surface area contributed by atoms with Crippen LogP contribution in [0.1, 0.15) is 30.9 Å². The molecule has 1 fully saturated rings. The molecule has 0 saturated carbocycles. The monoisotopic (exact) mass is 272 g/mol. The second kappa shape index (κ2) is 5.57. The Morgan fingerprint density at radius 2 is 1.95 bits per heavy atom. The van der Waals surface area contributed by atoms with Crippen LogP contribution >= 0.6 is 0 Å². The Hall–Kier alpha value is -1.35. The van der Waals surface area contributed by atoms with E-state index in [9.17, 15) is 4.79 Å². The SMILES string of the molecule is CCC1CN(C(=O)C2Cc3ccccc3C2)CCC1N. The van der Waals surface area contributed by atoms with E-state index in [-0.39, 0.29) is 12.0 Å². The topological polar surface area (TPSA) is 46.3 Å². The third-order valence-electron chi connectivity index (χ3n) is 5.03. The summed E-state index contributed by atoms with van der Waals surface area (Å²) < 4.78 is 0. The van der Waals surface area contributed by atoms with Gasteiger partial charge in [0.15, 0.2) is 0 Å². The van der Waals surface area contributed by atoms with Crippen LogP contribution < -0.4 is 5.73 Å². The lowest BCUT2D eigenvalue weighted by atomic mass is 9.89. The van der Waals surface area contributed by atoms with E-state index >= 15 is 0 Å². The molecule has 3 heteroatoms. The smallest absolute Gasteiger partial charge is 0.226 e. The number of fused-ring (bicyclic) bond motifs is 1. The molecule has 0 bridgehead atoms. The zero-order valence-electron chi connectivity index (χ0n) is 12.2. The van der Waals surface area contributed by atoms with Crippen LogP contribution in [0.5, 0.6) is 0 Å². The highest BCUT2D eigenvalue weighted by molar-refractivity contribution is 5.80. The first kappa shape index (κ1) is 13.6. The molecule has 1 aromatic rings. The Morgan fingerprint density at radius 1 is 1.30 bits per heavy atom. The number of carbonyl (C=O) groups is 1. The Balaban J connectivity index is 1.66. The van der Waals surface area contributed by atoms with Crippen molar-refractivity contribution >= 4 is 5.91 Å². The summed E-state index contributed by atoms with van der Waals surface area (Å²) >= 11 is 0. The van der Waals surface area contributed by atoms with Gasteiger partial charge in [0.05, 0.1) is 0 Å². The van der Waals surface area contributed by atoms with Gasteiger partial charge in [-0.05, 0) is 36.3 Å². The van der Waals surface area contributed by atoms with Gasteiger partial charge in [-0.15, -0.1) is 0 Å². The Morgan fingerprint density at radius 3 is 2.55 bits per heavy atom. The Bertz CT molecular complexity index is 475. The standard InChI is InChI=1S/C17H24N2O/c1-2-12-11-19(8-7-16(12)18)17(20)15-9-13-5-3-4-6-14(13)10-15/h3-6,12,15-16H,2,7-11,18H2,1H3. The van der Waals surface area contributed by atoms with E-state index in [0.717, 1.165) is 38.8 Å². The van der Waals surface area contributed by atoms with E-state index in [0.29, 0.717) is 11.8 Å². The molecule has 0 spiro atoms. The molecule has 1 heterocycles. The van der Waals surface area contributed by atoms with Gasteiger partial charge >= 0.3 is 0 Å². The Kier molecular flexibility index (Phi) is 3.79. The summed E-state index contributed by atoms with van der Waals surface area (Å²) in [5, 5.41) is 0. The predicted octanol–water partition coefficient (Wildman–Crippen LogP) is 1.99. The number of nitrogens with zero attached hydrogens (tertiary/aromatic N) is 1. The number of hydrogen-bond donors (Lipinski definition) is 1. The molecule has 3 nitrogen and oxygen atoms in total. The fourth-order valence-electron chi connectivity index (χ4n) is 3.67. The van der Waals surface area contributed by atoms with Crippen molar-refractivity contribution in [2.45, 2.75) is 38.6 Å². The van der Waals surface area contributed by atoms with Crippen LogP contribution in [0.15, 0.2) is 24.3 Å². The van der Waals surface area contributed by atoms with Gasteiger partial charge in [-0.25, -0.2) is 0 Å². The average molecular weight is 272 g/mol. The highest BCUT2D eigenvalue weighted by atomic mass is 16.2. The predicted molar refractivity (Wildman–Crippen MR) is 80.3 cm³/mol. The summed E-state index contributed by atoms with van der Waals surface area (Å²) in [7, 11) is 0. The minimum absolute atomic E-state index is 0.152. The number of amides is 1. The minimum atomic E-state index is 0.152. The van der Waals surface area contributed by atoms with Crippen LogP contribution in [0.2, 0.25) is 0 Å². The van der Waals surface area contributed by atoms with E-state index in [4.69, 9.17) is 5.73 Å². The molecular formula is C17H24N2O. The molecule has 108 valence electrons. The molecule has 1 aliphatic carbocycles. The van der Waals surface area contributed by atoms with Crippen LogP contribution in [0, 0.1) is 11.8 Å². The van der Waals surface area contributed by atoms with E-state index in [2.05, 4.69) is 36.1 Å². The number of nitrogens with two attached hydrogens (primary N) is 1. The number of rotatable bonds is 2. The molecule has 0 aromatic heterocycles. The minimum Gasteiger partial charge on any atom is -0.342 e. The fraction of sp³-hybridized carbons (Fsp3) is 0.588. The maximum absolute atomic E-state index is 12.7. The molecule has 1 aromatic carbocycles. The molecule has 2 unspecified atom stereocenters. The number of benzene rings is 1. The van der Waals surface area contributed by atoms with Crippen molar-refractivity contribution in [1.82, 2.24) is 4.90 Å². The molecule has 0 radical (unpaired) electrons. The lowest BCUT2D eigenvalue weighted by molar-refractivity contribution is -0.137. The second-order valence-corrected chi connectivity index (χ2v) is 6.28. The molecule has 2 atom stereocenters. The van der Waals surface area contributed by atoms with Gasteiger partial charge in [-0.3, -0.25) is 4.79 Å². The third kappa shape index (κ3) is 2.47. The van der Waals surface area contributed by atoms with E-state index in [1.807, 2.05) is 0 Å². The van der Waals surface area contributed by atoms with Gasteiger partial charge in [0.1, 0.15) is 0 Å². The van der Waals surface area contributed by atoms with Gasteiger partial charge in [-0.2, -0.15) is 0 Å². The number of hydrogen-bond acceptors (Lipinski definition) is 2. The lowest BCUT2D eigenvalue weighted by Crippen LogP contribution is -2.50.